The van der Waals surface area contributed by atoms with E-state index in [9.17, 15) is 4.79 Å². The Morgan fingerprint density at radius 2 is 2.12 bits per heavy atom. The van der Waals surface area contributed by atoms with E-state index in [-0.39, 0.29) is 17.9 Å². The van der Waals surface area contributed by atoms with Gasteiger partial charge in [-0.05, 0) is 30.9 Å². The maximum absolute atomic E-state index is 11.5. The molecule has 3 N–H and O–H groups in total. The fourth-order valence-electron chi connectivity index (χ4n) is 3.35. The molecular formula is C18H24N4O2. The summed E-state index contributed by atoms with van der Waals surface area (Å²) in [6, 6.07) is 8.28. The monoisotopic (exact) mass is 328 g/mol. The molecule has 6 nitrogen and oxygen atoms in total. The van der Waals surface area contributed by atoms with E-state index in [0.717, 1.165) is 25.7 Å². The van der Waals surface area contributed by atoms with Gasteiger partial charge in [0.1, 0.15) is 0 Å². The second kappa shape index (κ2) is 7.57. The zero-order chi connectivity index (χ0) is 16.9. The number of nitrogens with zero attached hydrogens (tertiary/aromatic N) is 2. The van der Waals surface area contributed by atoms with E-state index in [0.29, 0.717) is 24.7 Å². The van der Waals surface area contributed by atoms with E-state index < -0.39 is 0 Å². The van der Waals surface area contributed by atoms with Gasteiger partial charge in [-0.1, -0.05) is 42.3 Å². The molecule has 0 saturated heterocycles. The second-order valence-corrected chi connectivity index (χ2v) is 6.49. The predicted molar refractivity (Wildman–Crippen MR) is 90.1 cm³/mol. The lowest BCUT2D eigenvalue weighted by molar-refractivity contribution is -0.123. The van der Waals surface area contributed by atoms with Crippen molar-refractivity contribution in [3.8, 4) is 0 Å². The number of benzene rings is 1. The number of nitrogens with one attached hydrogen (secondary N) is 1. The van der Waals surface area contributed by atoms with Crippen molar-refractivity contribution in [2.45, 2.75) is 51.6 Å². The summed E-state index contributed by atoms with van der Waals surface area (Å²) in [7, 11) is 0. The highest BCUT2D eigenvalue weighted by atomic mass is 16.5. The Bertz CT molecular complexity index is 698. The highest BCUT2D eigenvalue weighted by Gasteiger charge is 2.29. The number of aryl methyl sites for hydroxylation is 1. The number of nitrogens with two attached hydrogens (primary N) is 1. The number of carbonyl (C=O) groups excluding carboxylic acids is 1. The lowest BCUT2D eigenvalue weighted by Crippen LogP contribution is -2.44. The van der Waals surface area contributed by atoms with Crippen molar-refractivity contribution in [3.63, 3.8) is 0 Å². The van der Waals surface area contributed by atoms with Gasteiger partial charge >= 0.3 is 0 Å². The summed E-state index contributed by atoms with van der Waals surface area (Å²) >= 11 is 0. The van der Waals surface area contributed by atoms with Crippen LogP contribution in [0.3, 0.4) is 0 Å². The molecule has 24 heavy (non-hydrogen) atoms. The fraction of sp³-hybridized carbons (Fsp3) is 0.500. The van der Waals surface area contributed by atoms with Crippen LogP contribution in [0, 0.1) is 12.8 Å². The van der Waals surface area contributed by atoms with Gasteiger partial charge in [-0.2, -0.15) is 4.98 Å². The molecule has 2 atom stereocenters. The van der Waals surface area contributed by atoms with E-state index in [1.165, 1.54) is 11.1 Å². The zero-order valence-corrected chi connectivity index (χ0v) is 14.0. The summed E-state index contributed by atoms with van der Waals surface area (Å²) in [6.45, 7) is 2.54. The molecule has 1 aliphatic rings. The predicted octanol–water partition coefficient (Wildman–Crippen LogP) is 2.10. The molecule has 1 aromatic carbocycles. The van der Waals surface area contributed by atoms with Crippen molar-refractivity contribution in [2.24, 2.45) is 11.7 Å². The molecule has 0 unspecified atom stereocenters. The molecule has 1 amide bonds. The molecule has 0 spiro atoms. The molecule has 1 aliphatic carbocycles. The standard InChI is InChI=1S/C18H24N4O2/c1-12-6-2-3-7-13(12)10-16-21-17(24-22-16)11-20-15-9-5-4-8-14(15)18(19)23/h2-3,6-7,14-15,20H,4-5,8-11H2,1H3,(H2,19,23)/t14-,15+/m0/s1. The molecule has 1 heterocycles. The Balaban J connectivity index is 1.58. The zero-order valence-electron chi connectivity index (χ0n) is 14.0. The average Bonchev–Trinajstić information content (AvgIpc) is 3.03. The molecular weight excluding hydrogens is 304 g/mol. The third-order valence-corrected chi connectivity index (χ3v) is 4.77. The number of hydrogen-bond donors (Lipinski definition) is 2. The Hall–Kier alpha value is -2.21. The van der Waals surface area contributed by atoms with Crippen LogP contribution in [0.5, 0.6) is 0 Å². The number of hydrogen-bond acceptors (Lipinski definition) is 5. The van der Waals surface area contributed by atoms with Crippen LogP contribution in [0.2, 0.25) is 0 Å². The van der Waals surface area contributed by atoms with Crippen molar-refractivity contribution in [3.05, 3.63) is 47.1 Å². The quantitative estimate of drug-likeness (QED) is 0.847. The Labute approximate surface area is 141 Å². The van der Waals surface area contributed by atoms with E-state index in [1.54, 1.807) is 0 Å². The molecule has 1 aromatic heterocycles. The topological polar surface area (TPSA) is 94.0 Å². The van der Waals surface area contributed by atoms with Gasteiger partial charge in [0.05, 0.1) is 12.5 Å². The molecule has 0 aliphatic heterocycles. The second-order valence-electron chi connectivity index (χ2n) is 6.49. The van der Waals surface area contributed by atoms with Gasteiger partial charge in [0.15, 0.2) is 5.82 Å². The normalized spacial score (nSPS) is 20.9. The molecule has 2 aromatic rings. The summed E-state index contributed by atoms with van der Waals surface area (Å²) in [5.41, 5.74) is 7.91. The molecule has 6 heteroatoms. The van der Waals surface area contributed by atoms with Crippen LogP contribution in [0.1, 0.15) is 48.5 Å². The van der Waals surface area contributed by atoms with E-state index in [1.807, 2.05) is 12.1 Å². The van der Waals surface area contributed by atoms with Crippen molar-refractivity contribution in [1.29, 1.82) is 0 Å². The van der Waals surface area contributed by atoms with Crippen LogP contribution in [-0.2, 0) is 17.8 Å². The molecule has 0 bridgehead atoms. The first-order chi connectivity index (χ1) is 11.6. The number of primary amides is 1. The number of carbonyl (C=O) groups is 1. The van der Waals surface area contributed by atoms with Crippen molar-refractivity contribution in [1.82, 2.24) is 15.5 Å². The summed E-state index contributed by atoms with van der Waals surface area (Å²) in [5, 5.41) is 7.41. The van der Waals surface area contributed by atoms with Gasteiger partial charge in [0, 0.05) is 12.5 Å². The van der Waals surface area contributed by atoms with Gasteiger partial charge in [0.2, 0.25) is 11.8 Å². The Kier molecular flexibility index (Phi) is 5.25. The summed E-state index contributed by atoms with van der Waals surface area (Å²) < 4.78 is 5.32. The Morgan fingerprint density at radius 1 is 1.33 bits per heavy atom. The minimum absolute atomic E-state index is 0.1000. The average molecular weight is 328 g/mol. The number of rotatable bonds is 6. The number of aromatic nitrogens is 2. The van der Waals surface area contributed by atoms with Gasteiger partial charge in [0.25, 0.3) is 0 Å². The van der Waals surface area contributed by atoms with Crippen molar-refractivity contribution < 1.29 is 9.32 Å². The largest absolute Gasteiger partial charge is 0.369 e. The summed E-state index contributed by atoms with van der Waals surface area (Å²) in [4.78, 5) is 16.0. The fourth-order valence-corrected chi connectivity index (χ4v) is 3.35. The lowest BCUT2D eigenvalue weighted by Gasteiger charge is -2.29. The first-order valence-electron chi connectivity index (χ1n) is 8.52. The van der Waals surface area contributed by atoms with Crippen LogP contribution in [0.4, 0.5) is 0 Å². The SMILES string of the molecule is Cc1ccccc1Cc1noc(CN[C@@H]2CCCC[C@@H]2C(N)=O)n1. The van der Waals surface area contributed by atoms with Gasteiger partial charge < -0.3 is 15.6 Å². The highest BCUT2D eigenvalue weighted by Crippen LogP contribution is 2.24. The van der Waals surface area contributed by atoms with E-state index in [2.05, 4.69) is 34.5 Å². The molecule has 1 saturated carbocycles. The Morgan fingerprint density at radius 3 is 2.92 bits per heavy atom. The molecule has 0 radical (unpaired) electrons. The third-order valence-electron chi connectivity index (χ3n) is 4.77. The summed E-state index contributed by atoms with van der Waals surface area (Å²) in [6.07, 6.45) is 4.65. The van der Waals surface area contributed by atoms with Crippen LogP contribution < -0.4 is 11.1 Å². The third kappa shape index (κ3) is 4.00. The minimum Gasteiger partial charge on any atom is -0.369 e. The molecule has 1 fully saturated rings. The van der Waals surface area contributed by atoms with E-state index in [4.69, 9.17) is 10.3 Å². The first-order valence-corrected chi connectivity index (χ1v) is 8.52. The molecule has 3 rings (SSSR count). The smallest absolute Gasteiger partial charge is 0.240 e. The highest BCUT2D eigenvalue weighted by molar-refractivity contribution is 5.77. The van der Waals surface area contributed by atoms with Crippen LogP contribution in [0.15, 0.2) is 28.8 Å². The van der Waals surface area contributed by atoms with Crippen LogP contribution >= 0.6 is 0 Å². The van der Waals surface area contributed by atoms with E-state index >= 15 is 0 Å². The van der Waals surface area contributed by atoms with Gasteiger partial charge in [-0.25, -0.2) is 0 Å². The van der Waals surface area contributed by atoms with Crippen LogP contribution in [0.25, 0.3) is 0 Å². The van der Waals surface area contributed by atoms with Gasteiger partial charge in [-0.15, -0.1) is 0 Å². The number of amides is 1. The minimum atomic E-state index is -0.224. The van der Waals surface area contributed by atoms with Crippen molar-refractivity contribution in [2.75, 3.05) is 0 Å². The maximum Gasteiger partial charge on any atom is 0.240 e. The van der Waals surface area contributed by atoms with Crippen molar-refractivity contribution >= 4 is 5.91 Å². The lowest BCUT2D eigenvalue weighted by atomic mass is 9.84. The molecule has 128 valence electrons. The van der Waals surface area contributed by atoms with Crippen LogP contribution in [-0.4, -0.2) is 22.1 Å². The summed E-state index contributed by atoms with van der Waals surface area (Å²) in [5.74, 6) is 0.898. The maximum atomic E-state index is 11.5. The first kappa shape index (κ1) is 16.6. The van der Waals surface area contributed by atoms with Gasteiger partial charge in [-0.3, -0.25) is 4.79 Å².